The monoisotopic (exact) mass is 574 g/mol. The number of methoxy groups -OCH3 is 2. The Labute approximate surface area is 249 Å². The predicted octanol–water partition coefficient (Wildman–Crippen LogP) is 6.21. The van der Waals surface area contributed by atoms with Crippen molar-refractivity contribution in [1.29, 1.82) is 0 Å². The minimum Gasteiger partial charge on any atom is -0.398 e. The van der Waals surface area contributed by atoms with Crippen LogP contribution in [-0.4, -0.2) is 49.4 Å². The molecule has 43 heavy (non-hydrogen) atoms. The molecule has 3 aromatic heterocycles. The number of nitrogens with zero attached hydrogens (tertiary/aromatic N) is 6. The van der Waals surface area contributed by atoms with Crippen LogP contribution in [0, 0.1) is 0 Å². The number of H-pyrrole nitrogens is 1. The van der Waals surface area contributed by atoms with Gasteiger partial charge < -0.3 is 19.8 Å². The summed E-state index contributed by atoms with van der Waals surface area (Å²) in [6, 6.07) is 26.4. The van der Waals surface area contributed by atoms with Crippen molar-refractivity contribution in [2.24, 2.45) is 0 Å². The number of anilines is 1. The fourth-order valence-corrected chi connectivity index (χ4v) is 5.45. The first kappa shape index (κ1) is 28.2. The van der Waals surface area contributed by atoms with E-state index in [1.807, 2.05) is 42.5 Å². The number of benzene rings is 3. The number of pyridine rings is 1. The van der Waals surface area contributed by atoms with E-state index >= 15 is 0 Å². The van der Waals surface area contributed by atoms with Gasteiger partial charge >= 0.3 is 0 Å². The summed E-state index contributed by atoms with van der Waals surface area (Å²) < 4.78 is 13.6. The molecule has 0 atom stereocenters. The number of ether oxygens (including phenoxy) is 2. The second-order valence-corrected chi connectivity index (χ2v) is 10.4. The van der Waals surface area contributed by atoms with Gasteiger partial charge in [-0.15, -0.1) is 5.10 Å². The minimum atomic E-state index is -0.666. The van der Waals surface area contributed by atoms with E-state index in [0.717, 1.165) is 69.6 Å². The fourth-order valence-electron chi connectivity index (χ4n) is 5.45. The number of nitrogens with one attached hydrogen (secondary N) is 1. The number of rotatable bonds is 11. The number of unbranched alkanes of at least 4 members (excludes halogenated alkanes) is 1. The summed E-state index contributed by atoms with van der Waals surface area (Å²) in [5.74, 6) is 1.63. The van der Waals surface area contributed by atoms with E-state index in [9.17, 15) is 0 Å². The number of imidazole rings is 1. The van der Waals surface area contributed by atoms with E-state index in [2.05, 4.69) is 68.5 Å². The van der Waals surface area contributed by atoms with Crippen LogP contribution in [0.3, 0.4) is 0 Å². The number of aryl methyl sites for hydroxylation is 1. The number of para-hydroxylation sites is 1. The Balaban J connectivity index is 1.42. The normalized spacial score (nSPS) is 11.5. The molecule has 0 amide bonds. The maximum atomic E-state index is 6.40. The summed E-state index contributed by atoms with van der Waals surface area (Å²) in [6.07, 6.45) is 2.28. The Morgan fingerprint density at radius 1 is 0.860 bits per heavy atom. The number of hydrogen-bond donors (Lipinski definition) is 2. The van der Waals surface area contributed by atoms with E-state index in [0.29, 0.717) is 23.8 Å². The Hall–Kier alpha value is -4.93. The Morgan fingerprint density at radius 2 is 1.58 bits per heavy atom. The van der Waals surface area contributed by atoms with Crippen molar-refractivity contribution >= 4 is 16.9 Å². The van der Waals surface area contributed by atoms with E-state index < -0.39 is 6.29 Å². The first-order valence-corrected chi connectivity index (χ1v) is 14.3. The topological polar surface area (TPSA) is 130 Å². The summed E-state index contributed by atoms with van der Waals surface area (Å²) in [5, 5.41) is 14.5. The number of aromatic nitrogens is 7. The quantitative estimate of drug-likeness (QED) is 0.138. The van der Waals surface area contributed by atoms with Crippen molar-refractivity contribution in [2.75, 3.05) is 20.0 Å². The van der Waals surface area contributed by atoms with E-state index in [1.165, 1.54) is 0 Å². The molecule has 0 saturated heterocycles. The molecule has 0 saturated carbocycles. The molecular formula is C33H34N8O2. The zero-order chi connectivity index (χ0) is 29.8. The molecule has 0 aliphatic heterocycles. The summed E-state index contributed by atoms with van der Waals surface area (Å²) in [7, 11) is 3.22. The van der Waals surface area contributed by atoms with Gasteiger partial charge in [-0.25, -0.2) is 15.1 Å². The first-order chi connectivity index (χ1) is 21.1. The largest absolute Gasteiger partial charge is 0.398 e. The Bertz CT molecular complexity index is 1830. The number of aromatic amines is 1. The minimum absolute atomic E-state index is 0.618. The van der Waals surface area contributed by atoms with Gasteiger partial charge in [0.05, 0.1) is 6.54 Å². The number of fused-ring (bicyclic) bond motifs is 1. The van der Waals surface area contributed by atoms with Gasteiger partial charge in [0.1, 0.15) is 17.0 Å². The van der Waals surface area contributed by atoms with Crippen LogP contribution in [0.5, 0.6) is 0 Å². The smallest absolute Gasteiger partial charge is 0.201 e. The lowest BCUT2D eigenvalue weighted by atomic mass is 9.98. The standard InChI is InChI=1S/C33H34N8O2/c1-4-5-14-29-35-28-19-26(24-11-8-9-13-27(24)34)30(33(42-2)43-3)36-32(28)41(29)20-21-15-17-22(18-16-21)23-10-6-7-12-25(23)31-37-39-40-38-31/h6-13,15-19,33H,4-5,14,20,34H2,1-3H3,(H,37,38,39,40). The highest BCUT2D eigenvalue weighted by atomic mass is 16.7. The van der Waals surface area contributed by atoms with Crippen LogP contribution in [0.1, 0.15) is 43.1 Å². The van der Waals surface area contributed by atoms with Gasteiger partial charge in [0.25, 0.3) is 0 Å². The third-order valence-corrected chi connectivity index (χ3v) is 7.62. The van der Waals surface area contributed by atoms with Gasteiger partial charge in [-0.2, -0.15) is 0 Å². The third kappa shape index (κ3) is 5.62. The SMILES string of the molecule is CCCCc1nc2cc(-c3ccccc3N)c(C(OC)OC)nc2n1Cc1ccc(-c2ccccc2-c2nnn[nH]2)cc1. The first-order valence-electron chi connectivity index (χ1n) is 14.3. The lowest BCUT2D eigenvalue weighted by molar-refractivity contribution is -0.108. The summed E-state index contributed by atoms with van der Waals surface area (Å²) in [5.41, 5.74) is 15.2. The Kier molecular flexibility index (Phi) is 8.21. The second-order valence-electron chi connectivity index (χ2n) is 10.4. The van der Waals surface area contributed by atoms with Crippen molar-refractivity contribution in [3.63, 3.8) is 0 Å². The van der Waals surface area contributed by atoms with Crippen molar-refractivity contribution in [3.05, 3.63) is 95.9 Å². The molecule has 10 nitrogen and oxygen atoms in total. The molecule has 0 radical (unpaired) electrons. The summed E-state index contributed by atoms with van der Waals surface area (Å²) >= 11 is 0. The third-order valence-electron chi connectivity index (χ3n) is 7.62. The molecule has 0 fully saturated rings. The molecule has 3 N–H and O–H groups in total. The van der Waals surface area contributed by atoms with E-state index in [1.54, 1.807) is 14.2 Å². The maximum absolute atomic E-state index is 6.40. The number of tetrazole rings is 1. The molecule has 218 valence electrons. The van der Waals surface area contributed by atoms with Crippen LogP contribution >= 0.6 is 0 Å². The fraction of sp³-hybridized carbons (Fsp3) is 0.242. The lowest BCUT2D eigenvalue weighted by Gasteiger charge is -2.18. The Morgan fingerprint density at radius 3 is 2.26 bits per heavy atom. The number of nitrogen functional groups attached to an aromatic ring is 1. The van der Waals surface area contributed by atoms with Crippen LogP contribution in [0.15, 0.2) is 78.9 Å². The van der Waals surface area contributed by atoms with Crippen LogP contribution in [0.4, 0.5) is 5.69 Å². The van der Waals surface area contributed by atoms with Gasteiger partial charge in [-0.3, -0.25) is 0 Å². The second kappa shape index (κ2) is 12.5. The molecule has 6 aromatic rings. The lowest BCUT2D eigenvalue weighted by Crippen LogP contribution is -2.11. The van der Waals surface area contributed by atoms with E-state index in [-0.39, 0.29) is 0 Å². The van der Waals surface area contributed by atoms with Crippen molar-refractivity contribution < 1.29 is 9.47 Å². The van der Waals surface area contributed by atoms with Gasteiger partial charge in [-0.05, 0) is 45.7 Å². The summed E-state index contributed by atoms with van der Waals surface area (Å²) in [4.78, 5) is 10.2. The molecule has 0 bridgehead atoms. The average molecular weight is 575 g/mol. The van der Waals surface area contributed by atoms with Gasteiger partial charge in [0.2, 0.25) is 6.29 Å². The van der Waals surface area contributed by atoms with Crippen LogP contribution in [0.2, 0.25) is 0 Å². The van der Waals surface area contributed by atoms with Crippen molar-refractivity contribution in [3.8, 4) is 33.6 Å². The number of nitrogens with two attached hydrogens (primary N) is 1. The van der Waals surface area contributed by atoms with Crippen LogP contribution in [0.25, 0.3) is 44.8 Å². The highest BCUT2D eigenvalue weighted by Crippen LogP contribution is 2.36. The molecule has 0 aliphatic rings. The van der Waals surface area contributed by atoms with Gasteiger partial charge in [0.15, 0.2) is 11.5 Å². The molecule has 0 aliphatic carbocycles. The molecule has 0 spiro atoms. The maximum Gasteiger partial charge on any atom is 0.201 e. The van der Waals surface area contributed by atoms with Crippen molar-refractivity contribution in [1.82, 2.24) is 35.2 Å². The van der Waals surface area contributed by atoms with E-state index in [4.69, 9.17) is 25.2 Å². The molecule has 6 rings (SSSR count). The van der Waals surface area contributed by atoms with Gasteiger partial charge in [-0.1, -0.05) is 80.1 Å². The van der Waals surface area contributed by atoms with Crippen LogP contribution < -0.4 is 5.73 Å². The predicted molar refractivity (Wildman–Crippen MR) is 167 cm³/mol. The molecule has 3 aromatic carbocycles. The zero-order valence-corrected chi connectivity index (χ0v) is 24.5. The van der Waals surface area contributed by atoms with Crippen LogP contribution in [-0.2, 0) is 22.4 Å². The molecule has 0 unspecified atom stereocenters. The molecular weight excluding hydrogens is 540 g/mol. The summed E-state index contributed by atoms with van der Waals surface area (Å²) in [6.45, 7) is 2.81. The highest BCUT2D eigenvalue weighted by Gasteiger charge is 2.23. The zero-order valence-electron chi connectivity index (χ0n) is 24.5. The van der Waals surface area contributed by atoms with Gasteiger partial charge in [0, 0.05) is 43.0 Å². The highest BCUT2D eigenvalue weighted by molar-refractivity contribution is 5.85. The average Bonchev–Trinajstić information content (AvgIpc) is 3.70. The van der Waals surface area contributed by atoms with Crippen molar-refractivity contribution in [2.45, 2.75) is 39.0 Å². The molecule has 10 heteroatoms. The molecule has 3 heterocycles. The number of hydrogen-bond acceptors (Lipinski definition) is 8.